The summed E-state index contributed by atoms with van der Waals surface area (Å²) in [5.41, 5.74) is 0. The maximum atomic E-state index is 11.9. The van der Waals surface area contributed by atoms with Crippen LogP contribution >= 0.6 is 0 Å². The summed E-state index contributed by atoms with van der Waals surface area (Å²) in [6, 6.07) is 0. The minimum absolute atomic E-state index is 0.219. The summed E-state index contributed by atoms with van der Waals surface area (Å²) in [4.78, 5) is 2.37. The molecule has 0 aromatic rings. The third-order valence-electron chi connectivity index (χ3n) is 3.07. The highest BCUT2D eigenvalue weighted by Crippen LogP contribution is 2.14. The van der Waals surface area contributed by atoms with Gasteiger partial charge in [0.25, 0.3) is 0 Å². The lowest BCUT2D eigenvalue weighted by atomic mass is 10.3. The first-order chi connectivity index (χ1) is 8.24. The normalized spacial score (nSPS) is 13.2. The Morgan fingerprint density at radius 3 is 2.11 bits per heavy atom. The molecule has 0 aliphatic rings. The SMILES string of the molecule is CCCN(CC)CCNCCS(=O)(=O)C(C)(C)C. The van der Waals surface area contributed by atoms with E-state index >= 15 is 0 Å². The molecule has 0 aliphatic heterocycles. The predicted molar refractivity (Wildman–Crippen MR) is 78.8 cm³/mol. The van der Waals surface area contributed by atoms with Crippen LogP contribution in [0.3, 0.4) is 0 Å². The molecule has 0 bridgehead atoms. The van der Waals surface area contributed by atoms with Crippen LogP contribution in [0.2, 0.25) is 0 Å². The maximum absolute atomic E-state index is 11.9. The zero-order valence-electron chi connectivity index (χ0n) is 12.6. The van der Waals surface area contributed by atoms with Crippen molar-refractivity contribution < 1.29 is 8.42 Å². The minimum atomic E-state index is -2.99. The number of rotatable bonds is 9. The van der Waals surface area contributed by atoms with Crippen LogP contribution in [0.1, 0.15) is 41.0 Å². The fraction of sp³-hybridized carbons (Fsp3) is 1.00. The number of likely N-dealkylation sites (N-methyl/N-ethyl adjacent to an activating group) is 1. The van der Waals surface area contributed by atoms with Crippen molar-refractivity contribution in [3.63, 3.8) is 0 Å². The smallest absolute Gasteiger partial charge is 0.156 e. The number of hydrogen-bond acceptors (Lipinski definition) is 4. The molecule has 0 saturated carbocycles. The average molecular weight is 278 g/mol. The van der Waals surface area contributed by atoms with Gasteiger partial charge < -0.3 is 10.2 Å². The summed E-state index contributed by atoms with van der Waals surface area (Å²) >= 11 is 0. The second kappa shape index (κ2) is 8.12. The molecule has 0 rings (SSSR count). The summed E-state index contributed by atoms with van der Waals surface area (Å²) in [6.07, 6.45) is 1.16. The van der Waals surface area contributed by atoms with E-state index < -0.39 is 14.6 Å². The van der Waals surface area contributed by atoms with E-state index in [1.807, 2.05) is 0 Å². The van der Waals surface area contributed by atoms with Crippen molar-refractivity contribution in [3.05, 3.63) is 0 Å². The molecule has 0 aromatic heterocycles. The monoisotopic (exact) mass is 278 g/mol. The van der Waals surface area contributed by atoms with E-state index in [0.717, 1.165) is 32.6 Å². The molecular formula is C13H30N2O2S. The third-order valence-corrected chi connectivity index (χ3v) is 5.68. The molecule has 0 aliphatic carbocycles. The van der Waals surface area contributed by atoms with E-state index in [2.05, 4.69) is 24.1 Å². The molecule has 0 atom stereocenters. The summed E-state index contributed by atoms with van der Waals surface area (Å²) < 4.78 is 23.1. The van der Waals surface area contributed by atoms with Crippen molar-refractivity contribution in [2.45, 2.75) is 45.8 Å². The van der Waals surface area contributed by atoms with Crippen LogP contribution < -0.4 is 5.32 Å². The molecule has 5 heteroatoms. The lowest BCUT2D eigenvalue weighted by molar-refractivity contribution is 0.288. The van der Waals surface area contributed by atoms with Crippen molar-refractivity contribution in [2.75, 3.05) is 38.5 Å². The number of nitrogens with zero attached hydrogens (tertiary/aromatic N) is 1. The van der Waals surface area contributed by atoms with Gasteiger partial charge in [-0.2, -0.15) is 0 Å². The first-order valence-corrected chi connectivity index (χ1v) is 8.55. The second-order valence-electron chi connectivity index (χ2n) is 5.62. The highest BCUT2D eigenvalue weighted by atomic mass is 32.2. The second-order valence-corrected chi connectivity index (χ2v) is 8.48. The summed E-state index contributed by atoms with van der Waals surface area (Å²) in [5.74, 6) is 0.219. The van der Waals surface area contributed by atoms with Gasteiger partial charge >= 0.3 is 0 Å². The van der Waals surface area contributed by atoms with Gasteiger partial charge in [-0.25, -0.2) is 8.42 Å². The number of nitrogens with one attached hydrogen (secondary N) is 1. The Kier molecular flexibility index (Phi) is 8.06. The number of hydrogen-bond donors (Lipinski definition) is 1. The van der Waals surface area contributed by atoms with Gasteiger partial charge in [-0.05, 0) is 40.3 Å². The van der Waals surface area contributed by atoms with Crippen LogP contribution in [-0.2, 0) is 9.84 Å². The van der Waals surface area contributed by atoms with Crippen LogP contribution in [0.5, 0.6) is 0 Å². The van der Waals surface area contributed by atoms with E-state index in [9.17, 15) is 8.42 Å². The van der Waals surface area contributed by atoms with Gasteiger partial charge in [-0.3, -0.25) is 0 Å². The van der Waals surface area contributed by atoms with E-state index in [-0.39, 0.29) is 5.75 Å². The molecule has 0 saturated heterocycles. The van der Waals surface area contributed by atoms with E-state index in [1.165, 1.54) is 0 Å². The Morgan fingerprint density at radius 1 is 1.06 bits per heavy atom. The number of sulfone groups is 1. The van der Waals surface area contributed by atoms with Crippen LogP contribution in [-0.4, -0.2) is 56.5 Å². The fourth-order valence-electron chi connectivity index (χ4n) is 1.62. The van der Waals surface area contributed by atoms with Gasteiger partial charge in [-0.1, -0.05) is 13.8 Å². The van der Waals surface area contributed by atoms with E-state index in [0.29, 0.717) is 6.54 Å². The van der Waals surface area contributed by atoms with Gasteiger partial charge in [0.1, 0.15) is 0 Å². The van der Waals surface area contributed by atoms with Crippen LogP contribution in [0.25, 0.3) is 0 Å². The summed E-state index contributed by atoms with van der Waals surface area (Å²) in [7, 11) is -2.99. The van der Waals surface area contributed by atoms with Crippen LogP contribution in [0.15, 0.2) is 0 Å². The highest BCUT2D eigenvalue weighted by Gasteiger charge is 2.27. The molecule has 4 nitrogen and oxygen atoms in total. The fourth-order valence-corrected chi connectivity index (χ4v) is 2.64. The quantitative estimate of drug-likeness (QED) is 0.650. The van der Waals surface area contributed by atoms with Gasteiger partial charge in [0.05, 0.1) is 10.5 Å². The molecule has 0 spiro atoms. The first kappa shape index (κ1) is 17.9. The highest BCUT2D eigenvalue weighted by molar-refractivity contribution is 7.92. The Hall–Kier alpha value is -0.130. The Balaban J connectivity index is 3.81. The van der Waals surface area contributed by atoms with E-state index in [4.69, 9.17) is 0 Å². The molecule has 1 N–H and O–H groups in total. The third kappa shape index (κ3) is 6.71. The zero-order valence-corrected chi connectivity index (χ0v) is 13.4. The summed E-state index contributed by atoms with van der Waals surface area (Å²) in [6.45, 7) is 14.1. The largest absolute Gasteiger partial charge is 0.314 e. The van der Waals surface area contributed by atoms with E-state index in [1.54, 1.807) is 20.8 Å². The lowest BCUT2D eigenvalue weighted by Crippen LogP contribution is -2.37. The average Bonchev–Trinajstić information content (AvgIpc) is 2.25. The van der Waals surface area contributed by atoms with Gasteiger partial charge in [0, 0.05) is 19.6 Å². The Bertz CT molecular complexity index is 307. The predicted octanol–water partition coefficient (Wildman–Crippen LogP) is 1.52. The topological polar surface area (TPSA) is 49.4 Å². The summed E-state index contributed by atoms with van der Waals surface area (Å²) in [5, 5.41) is 3.22. The molecule has 0 unspecified atom stereocenters. The van der Waals surface area contributed by atoms with Crippen molar-refractivity contribution in [2.24, 2.45) is 0 Å². The minimum Gasteiger partial charge on any atom is -0.314 e. The Morgan fingerprint density at radius 2 is 1.67 bits per heavy atom. The molecule has 0 heterocycles. The molecule has 18 heavy (non-hydrogen) atoms. The molecule has 0 radical (unpaired) electrons. The maximum Gasteiger partial charge on any atom is 0.156 e. The lowest BCUT2D eigenvalue weighted by Gasteiger charge is -2.21. The molecular weight excluding hydrogens is 248 g/mol. The van der Waals surface area contributed by atoms with Crippen molar-refractivity contribution in [1.29, 1.82) is 0 Å². The zero-order chi connectivity index (χ0) is 14.2. The van der Waals surface area contributed by atoms with Crippen LogP contribution in [0.4, 0.5) is 0 Å². The van der Waals surface area contributed by atoms with Crippen LogP contribution in [0, 0.1) is 0 Å². The van der Waals surface area contributed by atoms with Gasteiger partial charge in [0.15, 0.2) is 9.84 Å². The molecule has 0 amide bonds. The van der Waals surface area contributed by atoms with Crippen molar-refractivity contribution in [3.8, 4) is 0 Å². The van der Waals surface area contributed by atoms with Gasteiger partial charge in [0.2, 0.25) is 0 Å². The van der Waals surface area contributed by atoms with Crippen molar-refractivity contribution >= 4 is 9.84 Å². The first-order valence-electron chi connectivity index (χ1n) is 6.90. The molecule has 110 valence electrons. The molecule has 0 fully saturated rings. The van der Waals surface area contributed by atoms with Gasteiger partial charge in [-0.15, -0.1) is 0 Å². The molecule has 0 aromatic carbocycles. The van der Waals surface area contributed by atoms with Crippen molar-refractivity contribution in [1.82, 2.24) is 10.2 Å². The Labute approximate surface area is 113 Å². The standard InChI is InChI=1S/C13H30N2O2S/c1-6-10-15(7-2)11-8-14-9-12-18(16,17)13(3,4)5/h14H,6-12H2,1-5H3.